The van der Waals surface area contributed by atoms with E-state index in [0.717, 1.165) is 51.4 Å². The summed E-state index contributed by atoms with van der Waals surface area (Å²) >= 11 is 2.58. The van der Waals surface area contributed by atoms with Gasteiger partial charge in [-0.2, -0.15) is 8.61 Å². The van der Waals surface area contributed by atoms with E-state index >= 15 is 0 Å². The first-order chi connectivity index (χ1) is 23.1. The van der Waals surface area contributed by atoms with Crippen molar-refractivity contribution in [2.75, 3.05) is 37.2 Å². The highest BCUT2D eigenvalue weighted by Gasteiger charge is 2.28. The number of nitrogen functional groups attached to an aromatic ring is 1. The summed E-state index contributed by atoms with van der Waals surface area (Å²) in [4.78, 5) is 21.9. The third kappa shape index (κ3) is 6.53. The number of nitrogens with two attached hydrogens (primary N) is 1. The van der Waals surface area contributed by atoms with Crippen LogP contribution < -0.4 is 11.1 Å². The molecule has 4 aromatic carbocycles. The number of sulfonamides is 2. The van der Waals surface area contributed by atoms with Crippen molar-refractivity contribution in [3.05, 3.63) is 84.4 Å². The van der Waals surface area contributed by atoms with Gasteiger partial charge in [0, 0.05) is 31.7 Å². The molecule has 2 aliphatic heterocycles. The molecule has 0 bridgehead atoms. The molecule has 0 aliphatic carbocycles. The highest BCUT2D eigenvalue weighted by Crippen LogP contribution is 2.31. The molecule has 0 radical (unpaired) electrons. The van der Waals surface area contributed by atoms with Gasteiger partial charge in [0.25, 0.3) is 5.91 Å². The molecule has 0 saturated carbocycles. The van der Waals surface area contributed by atoms with Crippen LogP contribution in [0.4, 0.5) is 10.3 Å². The predicted octanol–water partition coefficient (Wildman–Crippen LogP) is 6.15. The molecule has 0 atom stereocenters. The van der Waals surface area contributed by atoms with Crippen LogP contribution in [-0.4, -0.2) is 67.5 Å². The van der Waals surface area contributed by atoms with E-state index in [2.05, 4.69) is 15.3 Å². The molecule has 2 aliphatic rings. The molecule has 6 aromatic rings. The Labute approximate surface area is 286 Å². The van der Waals surface area contributed by atoms with Crippen LogP contribution in [0.5, 0.6) is 0 Å². The van der Waals surface area contributed by atoms with Gasteiger partial charge < -0.3 is 5.73 Å². The van der Waals surface area contributed by atoms with Crippen LogP contribution in [0.15, 0.2) is 88.7 Å². The Morgan fingerprint density at radius 2 is 1.21 bits per heavy atom. The Hall–Kier alpha value is -3.99. The molecule has 0 spiro atoms. The molecule has 2 fully saturated rings. The number of rotatable bonds is 6. The predicted molar refractivity (Wildman–Crippen MR) is 192 cm³/mol. The zero-order valence-electron chi connectivity index (χ0n) is 25.7. The SMILES string of the molecule is Nc1nc2ccc(S(=O)(=O)N3CCCC3)cc2s1.O=C(Nc1nc2ccc(S(=O)(=O)N3CCCC3)cc2s1)c1ccc2ccccc2c1. The number of fused-ring (bicyclic) bond motifs is 3. The molecular weight excluding hydrogens is 689 g/mol. The molecule has 8 rings (SSSR count). The highest BCUT2D eigenvalue weighted by atomic mass is 32.2. The summed E-state index contributed by atoms with van der Waals surface area (Å²) in [5, 5.41) is 5.80. The number of nitrogens with one attached hydrogen (secondary N) is 1. The molecule has 11 nitrogen and oxygen atoms in total. The van der Waals surface area contributed by atoms with Crippen molar-refractivity contribution in [1.82, 2.24) is 18.6 Å². The van der Waals surface area contributed by atoms with E-state index in [9.17, 15) is 21.6 Å². The number of carbonyl (C=O) groups excluding carboxylic acids is 1. The van der Waals surface area contributed by atoms with Crippen LogP contribution in [0.3, 0.4) is 0 Å². The van der Waals surface area contributed by atoms with E-state index in [0.29, 0.717) is 52.4 Å². The Morgan fingerprint density at radius 1 is 0.667 bits per heavy atom. The minimum atomic E-state index is -3.48. The monoisotopic (exact) mass is 720 g/mol. The van der Waals surface area contributed by atoms with Gasteiger partial charge in [-0.15, -0.1) is 0 Å². The average molecular weight is 721 g/mol. The number of carbonyl (C=O) groups is 1. The minimum Gasteiger partial charge on any atom is -0.375 e. The van der Waals surface area contributed by atoms with Crippen molar-refractivity contribution in [3.63, 3.8) is 0 Å². The average Bonchev–Trinajstić information content (AvgIpc) is 3.91. The second-order valence-corrected chi connectivity index (χ2v) is 17.5. The Balaban J connectivity index is 0.000000172. The second-order valence-electron chi connectivity index (χ2n) is 11.6. The summed E-state index contributed by atoms with van der Waals surface area (Å²) in [5.41, 5.74) is 7.58. The number of amides is 1. The Bertz CT molecular complexity index is 2380. The minimum absolute atomic E-state index is 0.246. The summed E-state index contributed by atoms with van der Waals surface area (Å²) in [6.45, 7) is 2.36. The number of hydrogen-bond donors (Lipinski definition) is 2. The number of anilines is 2. The molecule has 2 aromatic heterocycles. The fourth-order valence-corrected chi connectivity index (χ4v) is 10.8. The van der Waals surface area contributed by atoms with Gasteiger partial charge in [0.2, 0.25) is 20.0 Å². The lowest BCUT2D eigenvalue weighted by Crippen LogP contribution is -2.27. The quantitative estimate of drug-likeness (QED) is 0.208. The van der Waals surface area contributed by atoms with E-state index in [1.165, 1.54) is 27.0 Å². The topological polar surface area (TPSA) is 156 Å². The maximum absolute atomic E-state index is 12.8. The zero-order valence-corrected chi connectivity index (χ0v) is 29.0. The molecule has 248 valence electrons. The van der Waals surface area contributed by atoms with E-state index in [1.54, 1.807) is 46.8 Å². The normalized spacial score (nSPS) is 16.0. The van der Waals surface area contributed by atoms with Gasteiger partial charge in [-0.05, 0) is 85.0 Å². The summed E-state index contributed by atoms with van der Waals surface area (Å²) in [6, 6.07) is 23.3. The summed E-state index contributed by atoms with van der Waals surface area (Å²) in [5.74, 6) is -0.246. The third-order valence-corrected chi connectivity index (χ3v) is 13.9. The summed E-state index contributed by atoms with van der Waals surface area (Å²) < 4.78 is 54.9. The van der Waals surface area contributed by atoms with E-state index in [-0.39, 0.29) is 10.8 Å². The van der Waals surface area contributed by atoms with Crippen LogP contribution >= 0.6 is 22.7 Å². The van der Waals surface area contributed by atoms with Gasteiger partial charge in [0.05, 0.1) is 30.2 Å². The highest BCUT2D eigenvalue weighted by molar-refractivity contribution is 7.89. The van der Waals surface area contributed by atoms with Crippen LogP contribution in [0, 0.1) is 0 Å². The van der Waals surface area contributed by atoms with Crippen LogP contribution in [-0.2, 0) is 20.0 Å². The van der Waals surface area contributed by atoms with Crippen molar-refractivity contribution >= 4 is 90.1 Å². The van der Waals surface area contributed by atoms with E-state index in [1.807, 2.05) is 36.4 Å². The fourth-order valence-electron chi connectivity index (χ4n) is 5.86. The Morgan fingerprint density at radius 3 is 1.81 bits per heavy atom. The van der Waals surface area contributed by atoms with E-state index < -0.39 is 20.0 Å². The van der Waals surface area contributed by atoms with Gasteiger partial charge in [0.1, 0.15) is 0 Å². The molecule has 2 saturated heterocycles. The number of benzene rings is 4. The number of thiazole rings is 2. The first-order valence-corrected chi connectivity index (χ1v) is 20.0. The maximum atomic E-state index is 12.8. The molecule has 3 N–H and O–H groups in total. The number of nitrogens with zero attached hydrogens (tertiary/aromatic N) is 4. The van der Waals surface area contributed by atoms with Crippen LogP contribution in [0.1, 0.15) is 36.0 Å². The smallest absolute Gasteiger partial charge is 0.257 e. The zero-order chi connectivity index (χ0) is 33.5. The number of aromatic nitrogens is 2. The van der Waals surface area contributed by atoms with Gasteiger partial charge in [-0.3, -0.25) is 10.1 Å². The van der Waals surface area contributed by atoms with Crippen LogP contribution in [0.2, 0.25) is 0 Å². The molecular formula is C33H32N6O5S4. The van der Waals surface area contributed by atoms with Gasteiger partial charge >= 0.3 is 0 Å². The van der Waals surface area contributed by atoms with Crippen molar-refractivity contribution in [2.45, 2.75) is 35.5 Å². The lowest BCUT2D eigenvalue weighted by Gasteiger charge is -2.15. The van der Waals surface area contributed by atoms with Crippen molar-refractivity contribution < 1.29 is 21.6 Å². The molecule has 4 heterocycles. The lowest BCUT2D eigenvalue weighted by atomic mass is 10.1. The molecule has 1 amide bonds. The number of hydrogen-bond acceptors (Lipinski definition) is 10. The van der Waals surface area contributed by atoms with E-state index in [4.69, 9.17) is 5.73 Å². The first kappa shape index (κ1) is 32.6. The maximum Gasteiger partial charge on any atom is 0.257 e. The first-order valence-electron chi connectivity index (χ1n) is 15.5. The van der Waals surface area contributed by atoms with Crippen molar-refractivity contribution in [2.24, 2.45) is 0 Å². The molecule has 0 unspecified atom stereocenters. The molecule has 15 heteroatoms. The summed E-state index contributed by atoms with van der Waals surface area (Å²) in [6.07, 6.45) is 3.67. The fraction of sp³-hybridized carbons (Fsp3) is 0.242. The van der Waals surface area contributed by atoms with Gasteiger partial charge in [-0.1, -0.05) is 53.0 Å². The molecule has 48 heavy (non-hydrogen) atoms. The van der Waals surface area contributed by atoms with Crippen molar-refractivity contribution in [1.29, 1.82) is 0 Å². The third-order valence-electron chi connectivity index (χ3n) is 8.37. The van der Waals surface area contributed by atoms with Crippen LogP contribution in [0.25, 0.3) is 31.2 Å². The summed E-state index contributed by atoms with van der Waals surface area (Å²) in [7, 11) is -6.83. The largest absolute Gasteiger partial charge is 0.375 e. The van der Waals surface area contributed by atoms with Gasteiger partial charge in [-0.25, -0.2) is 26.8 Å². The standard InChI is InChI=1S/C22H19N3O3S2.C11H13N3O2S2/c26-21(17-8-7-15-5-1-2-6-16(15)13-17)24-22-23-19-10-9-18(14-20(19)29-22)30(27,28)25-11-3-4-12-25;12-11-13-9-4-3-8(7-10(9)17-11)18(15,16)14-5-1-2-6-14/h1-2,5-10,13-14H,3-4,11-12H2,(H,23,24,26);3-4,7H,1-2,5-6H2,(H2,12,13). The Kier molecular flexibility index (Phi) is 8.91. The van der Waals surface area contributed by atoms with Gasteiger partial charge in [0.15, 0.2) is 10.3 Å². The van der Waals surface area contributed by atoms with Crippen molar-refractivity contribution in [3.8, 4) is 0 Å². The second kappa shape index (κ2) is 13.1. The lowest BCUT2D eigenvalue weighted by molar-refractivity contribution is 0.102.